The first-order valence-corrected chi connectivity index (χ1v) is 7.80. The van der Waals surface area contributed by atoms with Crippen LogP contribution < -0.4 is 5.73 Å². The predicted octanol–water partition coefficient (Wildman–Crippen LogP) is 4.22. The number of nitrogens with zero attached hydrogens (tertiary/aromatic N) is 1. The molecule has 0 aliphatic heterocycles. The number of halogens is 2. The van der Waals surface area contributed by atoms with E-state index in [1.807, 2.05) is 0 Å². The zero-order chi connectivity index (χ0) is 17.6. The van der Waals surface area contributed by atoms with Crippen LogP contribution in [-0.2, 0) is 6.54 Å². The molecular weight excluding hydrogens is 322 g/mol. The summed E-state index contributed by atoms with van der Waals surface area (Å²) in [6, 6.07) is 16.1. The fourth-order valence-electron chi connectivity index (χ4n) is 3.33. The summed E-state index contributed by atoms with van der Waals surface area (Å²) in [6.45, 7) is 0.149. The van der Waals surface area contributed by atoms with E-state index < -0.39 is 11.7 Å². The topological polar surface area (TPSA) is 48.0 Å². The van der Waals surface area contributed by atoms with Crippen molar-refractivity contribution in [3.8, 4) is 0 Å². The van der Waals surface area contributed by atoms with Crippen LogP contribution in [0.5, 0.6) is 0 Å². The van der Waals surface area contributed by atoms with Gasteiger partial charge in [0.25, 0.3) is 0 Å². The monoisotopic (exact) mass is 336 g/mol. The van der Waals surface area contributed by atoms with Crippen LogP contribution in [-0.4, -0.2) is 10.5 Å². The van der Waals surface area contributed by atoms with Gasteiger partial charge in [0.05, 0.1) is 17.6 Å². The second-order valence-corrected chi connectivity index (χ2v) is 5.88. The summed E-state index contributed by atoms with van der Waals surface area (Å²) in [4.78, 5) is 11.8. The lowest BCUT2D eigenvalue weighted by atomic mass is 10.1. The molecule has 0 aliphatic rings. The number of carbonyl (C=O) groups excluding carboxylic acids is 1. The normalized spacial score (nSPS) is 11.3. The largest absolute Gasteiger partial charge is 0.366 e. The Kier molecular flexibility index (Phi) is 3.50. The molecular formula is C20H14F2N2O. The van der Waals surface area contributed by atoms with Gasteiger partial charge in [0.1, 0.15) is 11.6 Å². The molecule has 0 fully saturated rings. The maximum Gasteiger partial charge on any atom is 0.249 e. The number of primary amides is 1. The number of carbonyl (C=O) groups is 1. The van der Waals surface area contributed by atoms with Gasteiger partial charge in [0, 0.05) is 21.9 Å². The van der Waals surface area contributed by atoms with Gasteiger partial charge in [-0.25, -0.2) is 8.78 Å². The summed E-state index contributed by atoms with van der Waals surface area (Å²) in [7, 11) is 0. The summed E-state index contributed by atoms with van der Waals surface area (Å²) in [5.74, 6) is -1.37. The molecule has 25 heavy (non-hydrogen) atoms. The lowest BCUT2D eigenvalue weighted by molar-refractivity contribution is 0.100. The fourth-order valence-corrected chi connectivity index (χ4v) is 3.33. The standard InChI is InChI=1S/C20H14F2N2O/c21-15-8-2-1-5-12(15)11-24-17-10-4-7-14(20(23)25)18(17)13-6-3-9-16(22)19(13)24/h1-10H,11H2,(H2,23,25). The molecule has 5 heteroatoms. The third-order valence-electron chi connectivity index (χ3n) is 4.41. The molecule has 3 nitrogen and oxygen atoms in total. The minimum absolute atomic E-state index is 0.149. The lowest BCUT2D eigenvalue weighted by Crippen LogP contribution is -2.11. The predicted molar refractivity (Wildman–Crippen MR) is 93.4 cm³/mol. The Labute approximate surface area is 142 Å². The fraction of sp³-hybridized carbons (Fsp3) is 0.0500. The lowest BCUT2D eigenvalue weighted by Gasteiger charge is -2.09. The molecule has 4 rings (SSSR count). The van der Waals surface area contributed by atoms with Gasteiger partial charge >= 0.3 is 0 Å². The van der Waals surface area contributed by atoms with E-state index in [2.05, 4.69) is 0 Å². The Morgan fingerprint density at radius 1 is 0.920 bits per heavy atom. The van der Waals surface area contributed by atoms with Crippen molar-refractivity contribution in [1.29, 1.82) is 0 Å². The Morgan fingerprint density at radius 3 is 2.40 bits per heavy atom. The van der Waals surface area contributed by atoms with Crippen LogP contribution in [0, 0.1) is 11.6 Å². The zero-order valence-electron chi connectivity index (χ0n) is 13.2. The molecule has 0 radical (unpaired) electrons. The third-order valence-corrected chi connectivity index (χ3v) is 4.41. The van der Waals surface area contributed by atoms with Crippen molar-refractivity contribution in [3.05, 3.63) is 83.4 Å². The average Bonchev–Trinajstić information content (AvgIpc) is 2.92. The van der Waals surface area contributed by atoms with Gasteiger partial charge < -0.3 is 10.3 Å². The smallest absolute Gasteiger partial charge is 0.249 e. The Balaban J connectivity index is 2.10. The molecule has 1 heterocycles. The van der Waals surface area contributed by atoms with Gasteiger partial charge in [0.15, 0.2) is 0 Å². The zero-order valence-corrected chi connectivity index (χ0v) is 13.2. The molecule has 0 saturated heterocycles. The molecule has 124 valence electrons. The van der Waals surface area contributed by atoms with Crippen molar-refractivity contribution in [1.82, 2.24) is 4.57 Å². The van der Waals surface area contributed by atoms with Crippen molar-refractivity contribution in [2.75, 3.05) is 0 Å². The van der Waals surface area contributed by atoms with Gasteiger partial charge in [-0.15, -0.1) is 0 Å². The highest BCUT2D eigenvalue weighted by atomic mass is 19.1. The highest BCUT2D eigenvalue weighted by Crippen LogP contribution is 2.33. The number of para-hydroxylation sites is 1. The number of benzene rings is 3. The van der Waals surface area contributed by atoms with Crippen molar-refractivity contribution < 1.29 is 13.6 Å². The Morgan fingerprint density at radius 2 is 1.64 bits per heavy atom. The van der Waals surface area contributed by atoms with Gasteiger partial charge in [-0.3, -0.25) is 4.79 Å². The van der Waals surface area contributed by atoms with Crippen molar-refractivity contribution in [2.24, 2.45) is 5.73 Å². The van der Waals surface area contributed by atoms with E-state index in [9.17, 15) is 13.6 Å². The highest BCUT2D eigenvalue weighted by Gasteiger charge is 2.19. The Hall–Kier alpha value is -3.21. The van der Waals surface area contributed by atoms with E-state index in [4.69, 9.17) is 5.73 Å². The van der Waals surface area contributed by atoms with Crippen LogP contribution >= 0.6 is 0 Å². The number of amides is 1. The number of hydrogen-bond acceptors (Lipinski definition) is 1. The van der Waals surface area contributed by atoms with Crippen molar-refractivity contribution in [3.63, 3.8) is 0 Å². The Bertz CT molecular complexity index is 1130. The number of rotatable bonds is 3. The molecule has 0 unspecified atom stereocenters. The van der Waals surface area contributed by atoms with Gasteiger partial charge in [-0.1, -0.05) is 36.4 Å². The number of aromatic nitrogens is 1. The molecule has 0 bridgehead atoms. The molecule has 0 spiro atoms. The highest BCUT2D eigenvalue weighted by molar-refractivity contribution is 6.17. The summed E-state index contributed by atoms with van der Waals surface area (Å²) in [6.07, 6.45) is 0. The number of fused-ring (bicyclic) bond motifs is 3. The van der Waals surface area contributed by atoms with Gasteiger partial charge in [-0.05, 0) is 24.3 Å². The first-order chi connectivity index (χ1) is 12.1. The summed E-state index contributed by atoms with van der Waals surface area (Å²) in [5.41, 5.74) is 7.22. The molecule has 0 aliphatic carbocycles. The van der Waals surface area contributed by atoms with Crippen LogP contribution in [0.1, 0.15) is 15.9 Å². The molecule has 1 amide bonds. The van der Waals surface area contributed by atoms with Gasteiger partial charge in [-0.2, -0.15) is 0 Å². The summed E-state index contributed by atoms with van der Waals surface area (Å²) >= 11 is 0. The average molecular weight is 336 g/mol. The van der Waals surface area contributed by atoms with Gasteiger partial charge in [0.2, 0.25) is 5.91 Å². The van der Waals surface area contributed by atoms with E-state index in [0.717, 1.165) is 0 Å². The molecule has 3 aromatic carbocycles. The molecule has 1 aromatic heterocycles. The summed E-state index contributed by atoms with van der Waals surface area (Å²) < 4.78 is 30.4. The quantitative estimate of drug-likeness (QED) is 0.598. The SMILES string of the molecule is NC(=O)c1cccc2c1c1cccc(F)c1n2Cc1ccccc1F. The van der Waals surface area contributed by atoms with Crippen LogP contribution in [0.3, 0.4) is 0 Å². The van der Waals surface area contributed by atoms with Crippen LogP contribution in [0.25, 0.3) is 21.8 Å². The first kappa shape index (κ1) is 15.3. The van der Waals surface area contributed by atoms with E-state index in [-0.39, 0.29) is 12.4 Å². The molecule has 4 aromatic rings. The molecule has 0 atom stereocenters. The van der Waals surface area contributed by atoms with E-state index in [0.29, 0.717) is 32.9 Å². The van der Waals surface area contributed by atoms with E-state index in [1.54, 1.807) is 53.1 Å². The molecule has 2 N–H and O–H groups in total. The second kappa shape index (κ2) is 5.70. The third kappa shape index (κ3) is 2.36. The first-order valence-electron chi connectivity index (χ1n) is 7.80. The van der Waals surface area contributed by atoms with Crippen molar-refractivity contribution >= 4 is 27.7 Å². The van der Waals surface area contributed by atoms with Crippen LogP contribution in [0.4, 0.5) is 8.78 Å². The maximum absolute atomic E-state index is 14.6. The molecule has 0 saturated carbocycles. The van der Waals surface area contributed by atoms with Crippen LogP contribution in [0.15, 0.2) is 60.7 Å². The van der Waals surface area contributed by atoms with E-state index >= 15 is 0 Å². The van der Waals surface area contributed by atoms with Crippen molar-refractivity contribution in [2.45, 2.75) is 6.54 Å². The number of nitrogens with two attached hydrogens (primary N) is 1. The summed E-state index contributed by atoms with van der Waals surface area (Å²) in [5, 5.41) is 1.17. The minimum Gasteiger partial charge on any atom is -0.366 e. The maximum atomic E-state index is 14.6. The van der Waals surface area contributed by atoms with Crippen LogP contribution in [0.2, 0.25) is 0 Å². The second-order valence-electron chi connectivity index (χ2n) is 5.88. The number of hydrogen-bond donors (Lipinski definition) is 1. The minimum atomic E-state index is -0.584. The van der Waals surface area contributed by atoms with E-state index in [1.165, 1.54) is 12.1 Å².